The summed E-state index contributed by atoms with van der Waals surface area (Å²) in [4.78, 5) is 6.60. The fourth-order valence-corrected chi connectivity index (χ4v) is 1.99. The van der Waals surface area contributed by atoms with Crippen LogP contribution in [0.25, 0.3) is 0 Å². The summed E-state index contributed by atoms with van der Waals surface area (Å²) in [5.74, 6) is 1.05. The quantitative estimate of drug-likeness (QED) is 0.823. The van der Waals surface area contributed by atoms with Gasteiger partial charge in [-0.3, -0.25) is 0 Å². The summed E-state index contributed by atoms with van der Waals surface area (Å²) in [6.07, 6.45) is 2.32. The van der Waals surface area contributed by atoms with Crippen LogP contribution >= 0.6 is 0 Å². The normalized spacial score (nSPS) is 20.6. The van der Waals surface area contributed by atoms with Crippen molar-refractivity contribution in [1.29, 1.82) is 0 Å². The van der Waals surface area contributed by atoms with E-state index in [9.17, 15) is 0 Å². The van der Waals surface area contributed by atoms with Crippen molar-refractivity contribution in [2.45, 2.75) is 31.9 Å². The standard InChI is InChI=1S/C11H20N4O2/c1-8(16-2)11-13-10(14-17-11)9(12)7-15-5-3-4-6-15/h8-9H,3-7,12H2,1-2H3. The van der Waals surface area contributed by atoms with Crippen LogP contribution < -0.4 is 5.73 Å². The molecule has 0 aromatic carbocycles. The molecule has 1 saturated heterocycles. The molecule has 0 saturated carbocycles. The van der Waals surface area contributed by atoms with E-state index in [0.29, 0.717) is 11.7 Å². The molecule has 0 radical (unpaired) electrons. The summed E-state index contributed by atoms with van der Waals surface area (Å²) in [5, 5.41) is 3.91. The van der Waals surface area contributed by atoms with E-state index in [1.54, 1.807) is 7.11 Å². The molecular formula is C11H20N4O2. The van der Waals surface area contributed by atoms with E-state index in [2.05, 4.69) is 15.0 Å². The number of aromatic nitrogens is 2. The van der Waals surface area contributed by atoms with Crippen LogP contribution in [-0.4, -0.2) is 41.8 Å². The van der Waals surface area contributed by atoms with Crippen LogP contribution in [0.4, 0.5) is 0 Å². The Morgan fingerprint density at radius 2 is 2.18 bits per heavy atom. The number of nitrogens with zero attached hydrogens (tertiary/aromatic N) is 3. The van der Waals surface area contributed by atoms with Crippen molar-refractivity contribution in [3.05, 3.63) is 11.7 Å². The first-order chi connectivity index (χ1) is 8.20. The van der Waals surface area contributed by atoms with Crippen LogP contribution in [0.3, 0.4) is 0 Å². The lowest BCUT2D eigenvalue weighted by atomic mass is 10.3. The van der Waals surface area contributed by atoms with E-state index < -0.39 is 0 Å². The van der Waals surface area contributed by atoms with Gasteiger partial charge in [-0.1, -0.05) is 5.16 Å². The highest BCUT2D eigenvalue weighted by Gasteiger charge is 2.21. The molecule has 2 rings (SSSR count). The molecule has 6 heteroatoms. The molecule has 0 spiro atoms. The Hall–Kier alpha value is -0.980. The minimum Gasteiger partial charge on any atom is -0.372 e. The highest BCUT2D eigenvalue weighted by molar-refractivity contribution is 4.96. The zero-order valence-corrected chi connectivity index (χ0v) is 10.4. The molecule has 0 bridgehead atoms. The van der Waals surface area contributed by atoms with Crippen LogP contribution in [0, 0.1) is 0 Å². The van der Waals surface area contributed by atoms with E-state index in [-0.39, 0.29) is 12.1 Å². The lowest BCUT2D eigenvalue weighted by Crippen LogP contribution is -2.30. The summed E-state index contributed by atoms with van der Waals surface area (Å²) in [6.45, 7) is 4.89. The summed E-state index contributed by atoms with van der Waals surface area (Å²) in [6, 6.07) is -0.186. The lowest BCUT2D eigenvalue weighted by molar-refractivity contribution is 0.0886. The smallest absolute Gasteiger partial charge is 0.255 e. The summed E-state index contributed by atoms with van der Waals surface area (Å²) >= 11 is 0. The fraction of sp³-hybridized carbons (Fsp3) is 0.818. The van der Waals surface area contributed by atoms with Crippen LogP contribution in [0.1, 0.15) is 43.6 Å². The number of hydrogen-bond acceptors (Lipinski definition) is 6. The molecule has 0 amide bonds. The SMILES string of the molecule is COC(C)c1nc(C(N)CN2CCCC2)no1. The van der Waals surface area contributed by atoms with E-state index in [1.807, 2.05) is 6.92 Å². The number of likely N-dealkylation sites (tertiary alicyclic amines) is 1. The minimum atomic E-state index is -0.186. The number of rotatable bonds is 5. The summed E-state index contributed by atoms with van der Waals surface area (Å²) in [5.41, 5.74) is 6.06. The van der Waals surface area contributed by atoms with E-state index in [4.69, 9.17) is 15.0 Å². The van der Waals surface area contributed by atoms with Gasteiger partial charge >= 0.3 is 0 Å². The Bertz CT molecular complexity index is 349. The predicted molar refractivity (Wildman–Crippen MR) is 62.3 cm³/mol. The molecule has 0 aliphatic carbocycles. The molecule has 1 aliphatic heterocycles. The Kier molecular flexibility index (Phi) is 4.09. The van der Waals surface area contributed by atoms with Gasteiger partial charge in [0.15, 0.2) is 5.82 Å². The van der Waals surface area contributed by atoms with E-state index >= 15 is 0 Å². The van der Waals surface area contributed by atoms with Crippen molar-refractivity contribution >= 4 is 0 Å². The van der Waals surface area contributed by atoms with Gasteiger partial charge in [0, 0.05) is 13.7 Å². The Labute approximate surface area is 101 Å². The summed E-state index contributed by atoms with van der Waals surface area (Å²) < 4.78 is 10.2. The average Bonchev–Trinajstić information content (AvgIpc) is 2.98. The largest absolute Gasteiger partial charge is 0.372 e. The third kappa shape index (κ3) is 3.02. The molecular weight excluding hydrogens is 220 g/mol. The third-order valence-corrected chi connectivity index (χ3v) is 3.14. The maximum atomic E-state index is 6.06. The van der Waals surface area contributed by atoms with Gasteiger partial charge in [-0.25, -0.2) is 0 Å². The first-order valence-electron chi connectivity index (χ1n) is 6.05. The van der Waals surface area contributed by atoms with Gasteiger partial charge in [0.1, 0.15) is 6.10 Å². The van der Waals surface area contributed by atoms with Gasteiger partial charge in [-0.2, -0.15) is 4.98 Å². The number of nitrogens with two attached hydrogens (primary N) is 1. The second-order valence-electron chi connectivity index (χ2n) is 4.48. The zero-order valence-electron chi connectivity index (χ0n) is 10.4. The molecule has 2 atom stereocenters. The highest BCUT2D eigenvalue weighted by atomic mass is 16.5. The Morgan fingerprint density at radius 1 is 1.47 bits per heavy atom. The Morgan fingerprint density at radius 3 is 2.82 bits per heavy atom. The van der Waals surface area contributed by atoms with Crippen molar-refractivity contribution in [1.82, 2.24) is 15.0 Å². The topological polar surface area (TPSA) is 77.4 Å². The number of hydrogen-bond donors (Lipinski definition) is 1. The molecule has 1 aliphatic rings. The van der Waals surface area contributed by atoms with Gasteiger partial charge in [-0.05, 0) is 32.9 Å². The highest BCUT2D eigenvalue weighted by Crippen LogP contribution is 2.17. The maximum Gasteiger partial charge on any atom is 0.255 e. The molecule has 2 N–H and O–H groups in total. The van der Waals surface area contributed by atoms with Crippen molar-refractivity contribution < 1.29 is 9.26 Å². The molecule has 1 fully saturated rings. The second-order valence-corrected chi connectivity index (χ2v) is 4.48. The number of methoxy groups -OCH3 is 1. The first-order valence-corrected chi connectivity index (χ1v) is 6.05. The molecule has 6 nitrogen and oxygen atoms in total. The molecule has 2 unspecified atom stereocenters. The molecule has 17 heavy (non-hydrogen) atoms. The Balaban J connectivity index is 1.94. The molecule has 2 heterocycles. The second kappa shape index (κ2) is 5.57. The van der Waals surface area contributed by atoms with Crippen molar-refractivity contribution in [3.8, 4) is 0 Å². The zero-order chi connectivity index (χ0) is 12.3. The predicted octanol–water partition coefficient (Wildman–Crippen LogP) is 0.873. The van der Waals surface area contributed by atoms with Crippen LogP contribution in [-0.2, 0) is 4.74 Å². The maximum absolute atomic E-state index is 6.06. The van der Waals surface area contributed by atoms with Crippen LogP contribution in [0.2, 0.25) is 0 Å². The van der Waals surface area contributed by atoms with E-state index in [1.165, 1.54) is 12.8 Å². The summed E-state index contributed by atoms with van der Waals surface area (Å²) in [7, 11) is 1.61. The van der Waals surface area contributed by atoms with Crippen molar-refractivity contribution in [2.24, 2.45) is 5.73 Å². The third-order valence-electron chi connectivity index (χ3n) is 3.14. The molecule has 1 aromatic heterocycles. The number of ether oxygens (including phenoxy) is 1. The van der Waals surface area contributed by atoms with Gasteiger partial charge in [0.2, 0.25) is 0 Å². The van der Waals surface area contributed by atoms with Gasteiger partial charge in [0.05, 0.1) is 6.04 Å². The van der Waals surface area contributed by atoms with Crippen LogP contribution in [0.5, 0.6) is 0 Å². The van der Waals surface area contributed by atoms with Crippen LogP contribution in [0.15, 0.2) is 4.52 Å². The minimum absolute atomic E-state index is 0.185. The van der Waals surface area contributed by atoms with E-state index in [0.717, 1.165) is 19.6 Å². The average molecular weight is 240 g/mol. The fourth-order valence-electron chi connectivity index (χ4n) is 1.99. The van der Waals surface area contributed by atoms with Gasteiger partial charge in [0.25, 0.3) is 5.89 Å². The first kappa shape index (κ1) is 12.5. The van der Waals surface area contributed by atoms with Crippen molar-refractivity contribution in [2.75, 3.05) is 26.7 Å². The monoisotopic (exact) mass is 240 g/mol. The van der Waals surface area contributed by atoms with Crippen molar-refractivity contribution in [3.63, 3.8) is 0 Å². The van der Waals surface area contributed by atoms with Gasteiger partial charge in [-0.15, -0.1) is 0 Å². The lowest BCUT2D eigenvalue weighted by Gasteiger charge is -2.17. The molecule has 96 valence electrons. The van der Waals surface area contributed by atoms with Gasteiger partial charge < -0.3 is 19.9 Å². The molecule has 1 aromatic rings.